The highest BCUT2D eigenvalue weighted by Gasteiger charge is 2.27. The van der Waals surface area contributed by atoms with E-state index in [1.807, 2.05) is 6.26 Å². The molecule has 0 saturated heterocycles. The normalized spacial score (nSPS) is 13.8. The minimum atomic E-state index is -4.05. The highest BCUT2D eigenvalue weighted by molar-refractivity contribution is 7.98. The Morgan fingerprint density at radius 3 is 2.65 bits per heavy atom. The Morgan fingerprint density at radius 1 is 1.16 bits per heavy atom. The number of nitrogens with one attached hydrogen (secondary N) is 3. The first-order valence-electron chi connectivity index (χ1n) is 9.18. The molecule has 31 heavy (non-hydrogen) atoms. The van der Waals surface area contributed by atoms with E-state index in [4.69, 9.17) is 9.47 Å². The largest absolute Gasteiger partial charge is 0.486 e. The second kappa shape index (κ2) is 10.4. The van der Waals surface area contributed by atoms with E-state index in [2.05, 4.69) is 25.5 Å². The highest BCUT2D eigenvalue weighted by Crippen LogP contribution is 2.32. The molecule has 2 heterocycles. The van der Waals surface area contributed by atoms with Gasteiger partial charge in [0.2, 0.25) is 10.0 Å². The first-order valence-corrected chi connectivity index (χ1v) is 12.1. The zero-order chi connectivity index (χ0) is 22.3. The van der Waals surface area contributed by atoms with Crippen molar-refractivity contribution in [3.8, 4) is 11.5 Å². The maximum atomic E-state index is 12.9. The lowest BCUT2D eigenvalue weighted by atomic mass is 10.2. The van der Waals surface area contributed by atoms with E-state index in [1.54, 1.807) is 0 Å². The Hall–Kier alpha value is -2.90. The molecule has 3 rings (SSSR count). The van der Waals surface area contributed by atoms with Gasteiger partial charge in [-0.3, -0.25) is 25.4 Å². The fourth-order valence-electron chi connectivity index (χ4n) is 2.61. The lowest BCUT2D eigenvalue weighted by Gasteiger charge is -2.21. The lowest BCUT2D eigenvalue weighted by Crippen LogP contribution is -2.52. The van der Waals surface area contributed by atoms with E-state index in [9.17, 15) is 18.0 Å². The maximum Gasteiger partial charge on any atom is 0.289 e. The molecule has 1 unspecified atom stereocenters. The summed E-state index contributed by atoms with van der Waals surface area (Å²) in [5.41, 5.74) is 4.43. The summed E-state index contributed by atoms with van der Waals surface area (Å²) in [5, 5.41) is 0. The average Bonchev–Trinajstić information content (AvgIpc) is 2.80. The molecule has 3 N–H and O–H groups in total. The van der Waals surface area contributed by atoms with Crippen molar-refractivity contribution >= 4 is 33.6 Å². The van der Waals surface area contributed by atoms with Gasteiger partial charge in [0.05, 0.1) is 11.1 Å². The molecule has 0 radical (unpaired) electrons. The van der Waals surface area contributed by atoms with Gasteiger partial charge in [0, 0.05) is 18.5 Å². The quantitative estimate of drug-likeness (QED) is 0.460. The van der Waals surface area contributed by atoms with Crippen molar-refractivity contribution in [1.82, 2.24) is 25.5 Å². The van der Waals surface area contributed by atoms with Crippen LogP contribution in [0.5, 0.6) is 11.5 Å². The predicted octanol–water partition coefficient (Wildman–Crippen LogP) is 0.109. The van der Waals surface area contributed by atoms with E-state index >= 15 is 0 Å². The van der Waals surface area contributed by atoms with E-state index in [1.165, 1.54) is 48.6 Å². The van der Waals surface area contributed by atoms with Crippen molar-refractivity contribution in [1.29, 1.82) is 0 Å². The van der Waals surface area contributed by atoms with Gasteiger partial charge in [0.1, 0.15) is 24.9 Å². The van der Waals surface area contributed by atoms with Crippen LogP contribution in [0.4, 0.5) is 0 Å². The molecule has 1 atom stereocenters. The molecule has 0 bridgehead atoms. The fraction of sp³-hybridized carbons (Fsp3) is 0.333. The second-order valence-corrected chi connectivity index (χ2v) is 8.99. The van der Waals surface area contributed by atoms with Gasteiger partial charge in [-0.1, -0.05) is 0 Å². The number of carbonyl (C=O) groups excluding carboxylic acids is 2. The topological polar surface area (TPSA) is 149 Å². The minimum Gasteiger partial charge on any atom is -0.486 e. The van der Waals surface area contributed by atoms with Crippen LogP contribution in [0.1, 0.15) is 16.9 Å². The number of carbonyl (C=O) groups is 2. The number of sulfonamides is 1. The van der Waals surface area contributed by atoms with Gasteiger partial charge in [0.25, 0.3) is 11.8 Å². The third-order valence-corrected chi connectivity index (χ3v) is 6.26. The average molecular weight is 468 g/mol. The zero-order valence-electron chi connectivity index (χ0n) is 16.5. The molecule has 1 aliphatic heterocycles. The van der Waals surface area contributed by atoms with E-state index in [0.717, 1.165) is 0 Å². The lowest BCUT2D eigenvalue weighted by molar-refractivity contribution is -0.123. The van der Waals surface area contributed by atoms with Gasteiger partial charge in [-0.15, -0.1) is 0 Å². The number of rotatable bonds is 8. The standard InChI is InChI=1S/C18H21N5O6S2/c1-30-9-4-13(17(24)21-22-18(25)14-11-19-5-6-20-14)23-31(26,27)12-2-3-15-16(10-12)29-8-7-28-15/h2-3,5-6,10-11,13,23H,4,7-9H2,1H3,(H,21,24)(H,22,25). The molecule has 1 aromatic heterocycles. The third kappa shape index (κ3) is 6.06. The molecule has 0 fully saturated rings. The van der Waals surface area contributed by atoms with E-state index < -0.39 is 27.9 Å². The second-order valence-electron chi connectivity index (χ2n) is 6.29. The molecule has 13 heteroatoms. The van der Waals surface area contributed by atoms with Crippen LogP contribution in [0.25, 0.3) is 0 Å². The van der Waals surface area contributed by atoms with Gasteiger partial charge >= 0.3 is 0 Å². The first-order chi connectivity index (χ1) is 14.9. The van der Waals surface area contributed by atoms with Crippen LogP contribution in [-0.2, 0) is 14.8 Å². The van der Waals surface area contributed by atoms with Crippen LogP contribution in [0, 0.1) is 0 Å². The SMILES string of the molecule is CSCCC(NS(=O)(=O)c1ccc2c(c1)OCCO2)C(=O)NNC(=O)c1cnccn1. The number of amides is 2. The van der Waals surface area contributed by atoms with Crippen molar-refractivity contribution in [2.45, 2.75) is 17.4 Å². The van der Waals surface area contributed by atoms with E-state index in [0.29, 0.717) is 30.5 Å². The third-order valence-electron chi connectivity index (χ3n) is 4.14. The summed E-state index contributed by atoms with van der Waals surface area (Å²) in [6, 6.07) is 3.10. The van der Waals surface area contributed by atoms with Crippen LogP contribution in [0.2, 0.25) is 0 Å². The zero-order valence-corrected chi connectivity index (χ0v) is 18.2. The number of hydrogen-bond acceptors (Lipinski definition) is 9. The van der Waals surface area contributed by atoms with Crippen molar-refractivity contribution in [2.24, 2.45) is 0 Å². The van der Waals surface area contributed by atoms with Crippen LogP contribution in [0.15, 0.2) is 41.7 Å². The number of benzene rings is 1. The first kappa shape index (κ1) is 22.8. The van der Waals surface area contributed by atoms with E-state index in [-0.39, 0.29) is 17.0 Å². The number of hydrazine groups is 1. The number of thioether (sulfide) groups is 1. The molecule has 11 nitrogen and oxygen atoms in total. The molecule has 1 aromatic carbocycles. The molecule has 0 saturated carbocycles. The minimum absolute atomic E-state index is 0.000299. The summed E-state index contributed by atoms with van der Waals surface area (Å²) in [5.74, 6) is -0.115. The number of aromatic nitrogens is 2. The highest BCUT2D eigenvalue weighted by atomic mass is 32.2. The van der Waals surface area contributed by atoms with Crippen molar-refractivity contribution in [3.05, 3.63) is 42.5 Å². The molecule has 2 amide bonds. The molecule has 0 spiro atoms. The van der Waals surface area contributed by atoms with Gasteiger partial charge in [0.15, 0.2) is 11.5 Å². The molecule has 1 aliphatic rings. The van der Waals surface area contributed by atoms with Gasteiger partial charge in [-0.25, -0.2) is 13.4 Å². The van der Waals surface area contributed by atoms with Gasteiger partial charge in [-0.05, 0) is 30.6 Å². The Labute approximate surface area is 183 Å². The summed E-state index contributed by atoms with van der Waals surface area (Å²) in [4.78, 5) is 32.1. The van der Waals surface area contributed by atoms with Crippen LogP contribution >= 0.6 is 11.8 Å². The maximum absolute atomic E-state index is 12.9. The van der Waals surface area contributed by atoms with Crippen LogP contribution in [0.3, 0.4) is 0 Å². The Kier molecular flexibility index (Phi) is 7.65. The van der Waals surface area contributed by atoms with Gasteiger partial charge in [-0.2, -0.15) is 16.5 Å². The Morgan fingerprint density at radius 2 is 1.94 bits per heavy atom. The van der Waals surface area contributed by atoms with Crippen molar-refractivity contribution < 1.29 is 27.5 Å². The van der Waals surface area contributed by atoms with Crippen molar-refractivity contribution in [3.63, 3.8) is 0 Å². The summed E-state index contributed by atoms with van der Waals surface area (Å²) in [7, 11) is -4.05. The molecule has 166 valence electrons. The van der Waals surface area contributed by atoms with Gasteiger partial charge < -0.3 is 9.47 Å². The van der Waals surface area contributed by atoms with Crippen molar-refractivity contribution in [2.75, 3.05) is 25.2 Å². The predicted molar refractivity (Wildman–Crippen MR) is 112 cm³/mol. The summed E-state index contributed by atoms with van der Waals surface area (Å²) >= 11 is 1.45. The smallest absolute Gasteiger partial charge is 0.289 e. The summed E-state index contributed by atoms with van der Waals surface area (Å²) in [6.45, 7) is 0.697. The Balaban J connectivity index is 1.69. The molecular weight excluding hydrogens is 446 g/mol. The van der Waals surface area contributed by atoms with Crippen LogP contribution in [-0.4, -0.2) is 61.5 Å². The monoisotopic (exact) mass is 467 g/mol. The number of hydrogen-bond donors (Lipinski definition) is 3. The summed E-state index contributed by atoms with van der Waals surface area (Å²) < 4.78 is 38.9. The fourth-order valence-corrected chi connectivity index (χ4v) is 4.33. The molecule has 0 aliphatic carbocycles. The Bertz CT molecular complexity index is 1030. The molecule has 2 aromatic rings. The number of ether oxygens (including phenoxy) is 2. The van der Waals surface area contributed by atoms with Crippen LogP contribution < -0.4 is 25.0 Å². The molecular formula is C18H21N5O6S2. The number of nitrogens with zero attached hydrogens (tertiary/aromatic N) is 2. The summed E-state index contributed by atoms with van der Waals surface area (Å²) in [6.07, 6.45) is 6.01. The number of fused-ring (bicyclic) bond motifs is 1.